The van der Waals surface area contributed by atoms with Gasteiger partial charge in [-0.15, -0.1) is 0 Å². The van der Waals surface area contributed by atoms with Crippen molar-refractivity contribution in [3.8, 4) is 11.1 Å². The Bertz CT molecular complexity index is 936. The predicted molar refractivity (Wildman–Crippen MR) is 118 cm³/mol. The van der Waals surface area contributed by atoms with E-state index >= 15 is 0 Å². The van der Waals surface area contributed by atoms with Crippen LogP contribution in [0.3, 0.4) is 0 Å². The Hall–Kier alpha value is -2.92. The van der Waals surface area contributed by atoms with Crippen molar-refractivity contribution >= 4 is 28.7 Å². The second-order valence-corrected chi connectivity index (χ2v) is 7.18. The highest BCUT2D eigenvalue weighted by molar-refractivity contribution is 7.80. The minimum atomic E-state index is -0.204. The maximum atomic E-state index is 13.1. The molecule has 1 heterocycles. The number of benzene rings is 3. The molecule has 0 aliphatic carbocycles. The van der Waals surface area contributed by atoms with Gasteiger partial charge in [0.05, 0.1) is 0 Å². The molecule has 0 amide bonds. The summed E-state index contributed by atoms with van der Waals surface area (Å²) in [6.45, 7) is 3.37. The van der Waals surface area contributed by atoms with Crippen molar-refractivity contribution in [1.82, 2.24) is 4.90 Å². The van der Waals surface area contributed by atoms with Crippen LogP contribution in [0.15, 0.2) is 78.9 Å². The van der Waals surface area contributed by atoms with Crippen molar-refractivity contribution in [2.75, 3.05) is 36.4 Å². The molecule has 1 fully saturated rings. The van der Waals surface area contributed by atoms with Gasteiger partial charge < -0.3 is 15.1 Å². The predicted octanol–water partition coefficient (Wildman–Crippen LogP) is 5.01. The number of para-hydroxylation sites is 1. The normalized spacial score (nSPS) is 14.0. The van der Waals surface area contributed by atoms with Gasteiger partial charge in [-0.2, -0.15) is 0 Å². The van der Waals surface area contributed by atoms with Gasteiger partial charge in [0, 0.05) is 43.1 Å². The van der Waals surface area contributed by atoms with Gasteiger partial charge in [-0.25, -0.2) is 4.39 Å². The maximum absolute atomic E-state index is 13.1. The number of anilines is 2. The molecule has 0 bridgehead atoms. The Morgan fingerprint density at radius 3 is 2.14 bits per heavy atom. The van der Waals surface area contributed by atoms with Crippen molar-refractivity contribution in [3.63, 3.8) is 0 Å². The van der Waals surface area contributed by atoms with Crippen LogP contribution in [-0.4, -0.2) is 36.2 Å². The summed E-state index contributed by atoms with van der Waals surface area (Å²) >= 11 is 5.68. The molecule has 5 heteroatoms. The SMILES string of the molecule is Fc1ccc(N2CCN(C(=S)Nc3ccccc3-c3ccccc3)CC2)cc1. The molecule has 0 saturated carbocycles. The molecule has 0 unspecified atom stereocenters. The van der Waals surface area contributed by atoms with E-state index in [1.807, 2.05) is 42.5 Å². The summed E-state index contributed by atoms with van der Waals surface area (Å²) in [6.07, 6.45) is 0. The number of halogens is 1. The van der Waals surface area contributed by atoms with Crippen LogP contribution in [0.4, 0.5) is 15.8 Å². The van der Waals surface area contributed by atoms with E-state index in [0.717, 1.165) is 53.8 Å². The first-order valence-electron chi connectivity index (χ1n) is 9.41. The standard InChI is InChI=1S/C23H22FN3S/c24-19-10-12-20(13-11-19)26-14-16-27(17-15-26)23(28)25-22-9-5-4-8-21(22)18-6-2-1-3-7-18/h1-13H,14-17H2,(H,25,28). The molecule has 1 N–H and O–H groups in total. The van der Waals surface area contributed by atoms with Gasteiger partial charge in [0.25, 0.3) is 0 Å². The Labute approximate surface area is 170 Å². The first-order valence-corrected chi connectivity index (χ1v) is 9.82. The van der Waals surface area contributed by atoms with Crippen LogP contribution in [-0.2, 0) is 0 Å². The zero-order chi connectivity index (χ0) is 19.3. The van der Waals surface area contributed by atoms with Crippen molar-refractivity contribution in [3.05, 3.63) is 84.7 Å². The van der Waals surface area contributed by atoms with Crippen molar-refractivity contribution in [2.24, 2.45) is 0 Å². The Balaban J connectivity index is 1.41. The lowest BCUT2D eigenvalue weighted by atomic mass is 10.0. The summed E-state index contributed by atoms with van der Waals surface area (Å²) < 4.78 is 13.1. The van der Waals surface area contributed by atoms with Gasteiger partial charge in [0.15, 0.2) is 5.11 Å². The largest absolute Gasteiger partial charge is 0.368 e. The lowest BCUT2D eigenvalue weighted by molar-refractivity contribution is 0.391. The quantitative estimate of drug-likeness (QED) is 0.632. The summed E-state index contributed by atoms with van der Waals surface area (Å²) in [5.74, 6) is -0.204. The number of nitrogens with one attached hydrogen (secondary N) is 1. The molecule has 142 valence electrons. The van der Waals surface area contributed by atoms with E-state index in [4.69, 9.17) is 12.2 Å². The molecule has 3 aromatic rings. The highest BCUT2D eigenvalue weighted by Gasteiger charge is 2.20. The van der Waals surface area contributed by atoms with Gasteiger partial charge in [-0.3, -0.25) is 0 Å². The van der Waals surface area contributed by atoms with E-state index in [9.17, 15) is 4.39 Å². The van der Waals surface area contributed by atoms with E-state index in [1.165, 1.54) is 12.1 Å². The molecule has 3 aromatic carbocycles. The molecule has 1 aliphatic heterocycles. The fourth-order valence-corrected chi connectivity index (χ4v) is 3.77. The molecular weight excluding hydrogens is 369 g/mol. The minimum Gasteiger partial charge on any atom is -0.368 e. The maximum Gasteiger partial charge on any atom is 0.173 e. The van der Waals surface area contributed by atoms with Gasteiger partial charge in [0.1, 0.15) is 5.82 Å². The number of hydrogen-bond acceptors (Lipinski definition) is 2. The Kier molecular flexibility index (Phi) is 5.53. The van der Waals surface area contributed by atoms with Crippen molar-refractivity contribution in [1.29, 1.82) is 0 Å². The third-order valence-corrected chi connectivity index (χ3v) is 5.37. The number of hydrogen-bond donors (Lipinski definition) is 1. The molecule has 3 nitrogen and oxygen atoms in total. The first kappa shape index (κ1) is 18.4. The Morgan fingerprint density at radius 1 is 0.786 bits per heavy atom. The molecule has 1 saturated heterocycles. The number of rotatable bonds is 3. The second-order valence-electron chi connectivity index (χ2n) is 6.79. The number of thiocarbonyl (C=S) groups is 1. The molecule has 0 atom stereocenters. The molecule has 4 rings (SSSR count). The van der Waals surface area contributed by atoms with Crippen LogP contribution >= 0.6 is 12.2 Å². The van der Waals surface area contributed by atoms with Crippen LogP contribution in [0.25, 0.3) is 11.1 Å². The van der Waals surface area contributed by atoms with Crippen LogP contribution in [0.5, 0.6) is 0 Å². The van der Waals surface area contributed by atoms with Crippen LogP contribution < -0.4 is 10.2 Å². The molecule has 1 aliphatic rings. The minimum absolute atomic E-state index is 0.204. The molecule has 28 heavy (non-hydrogen) atoms. The zero-order valence-corrected chi connectivity index (χ0v) is 16.3. The monoisotopic (exact) mass is 391 g/mol. The van der Waals surface area contributed by atoms with Gasteiger partial charge in [-0.05, 0) is 48.1 Å². The van der Waals surface area contributed by atoms with E-state index in [-0.39, 0.29) is 5.82 Å². The lowest BCUT2D eigenvalue weighted by Gasteiger charge is -2.37. The number of nitrogens with zero attached hydrogens (tertiary/aromatic N) is 2. The van der Waals surface area contributed by atoms with Crippen molar-refractivity contribution < 1.29 is 4.39 Å². The highest BCUT2D eigenvalue weighted by atomic mass is 32.1. The lowest BCUT2D eigenvalue weighted by Crippen LogP contribution is -2.50. The first-order chi connectivity index (χ1) is 13.7. The summed E-state index contributed by atoms with van der Waals surface area (Å²) in [5.41, 5.74) is 4.36. The third-order valence-electron chi connectivity index (χ3n) is 5.01. The van der Waals surface area contributed by atoms with Crippen LogP contribution in [0.1, 0.15) is 0 Å². The van der Waals surface area contributed by atoms with Crippen molar-refractivity contribution in [2.45, 2.75) is 0 Å². The summed E-state index contributed by atoms with van der Waals surface area (Å²) in [4.78, 5) is 4.45. The molecule has 0 radical (unpaired) electrons. The van der Waals surface area contributed by atoms with E-state index in [1.54, 1.807) is 0 Å². The van der Waals surface area contributed by atoms with E-state index in [2.05, 4.69) is 39.4 Å². The molecular formula is C23H22FN3S. The molecule has 0 aromatic heterocycles. The molecule has 0 spiro atoms. The average molecular weight is 392 g/mol. The van der Waals surface area contributed by atoms with Gasteiger partial charge in [0.2, 0.25) is 0 Å². The summed E-state index contributed by atoms with van der Waals surface area (Å²) in [5, 5.41) is 4.17. The zero-order valence-electron chi connectivity index (χ0n) is 15.5. The van der Waals surface area contributed by atoms with E-state index in [0.29, 0.717) is 0 Å². The topological polar surface area (TPSA) is 18.5 Å². The highest BCUT2D eigenvalue weighted by Crippen LogP contribution is 2.28. The fourth-order valence-electron chi connectivity index (χ4n) is 3.48. The van der Waals surface area contributed by atoms with Gasteiger partial charge >= 0.3 is 0 Å². The summed E-state index contributed by atoms with van der Waals surface area (Å²) in [7, 11) is 0. The van der Waals surface area contributed by atoms with Crippen LogP contribution in [0, 0.1) is 5.82 Å². The second kappa shape index (κ2) is 8.40. The average Bonchev–Trinajstić information content (AvgIpc) is 2.75. The fraction of sp³-hybridized carbons (Fsp3) is 0.174. The smallest absolute Gasteiger partial charge is 0.173 e. The summed E-state index contributed by atoms with van der Waals surface area (Å²) in [6, 6.07) is 25.2. The number of piperazine rings is 1. The third kappa shape index (κ3) is 4.15. The van der Waals surface area contributed by atoms with E-state index < -0.39 is 0 Å². The van der Waals surface area contributed by atoms with Crippen LogP contribution in [0.2, 0.25) is 0 Å². The Morgan fingerprint density at radius 2 is 1.43 bits per heavy atom. The van der Waals surface area contributed by atoms with Gasteiger partial charge in [-0.1, -0.05) is 48.5 Å².